The summed E-state index contributed by atoms with van der Waals surface area (Å²) in [5, 5.41) is 3.29. The SMILES string of the molecule is CC(C)COc1ccc(NCc2ccc(F)cc2)cc1. The molecule has 106 valence electrons. The van der Waals surface area contributed by atoms with Gasteiger partial charge in [0.25, 0.3) is 0 Å². The van der Waals surface area contributed by atoms with E-state index in [1.807, 2.05) is 24.3 Å². The predicted octanol–water partition coefficient (Wildman–Crippen LogP) is 4.47. The molecule has 0 saturated heterocycles. The van der Waals surface area contributed by atoms with Crippen LogP contribution in [0.25, 0.3) is 0 Å². The van der Waals surface area contributed by atoms with Crippen LogP contribution in [-0.4, -0.2) is 6.61 Å². The number of anilines is 1. The summed E-state index contributed by atoms with van der Waals surface area (Å²) in [5.41, 5.74) is 2.07. The average Bonchev–Trinajstić information content (AvgIpc) is 2.45. The number of nitrogens with one attached hydrogen (secondary N) is 1. The number of halogens is 1. The van der Waals surface area contributed by atoms with Gasteiger partial charge in [0.05, 0.1) is 6.61 Å². The molecular weight excluding hydrogens is 253 g/mol. The Kier molecular flexibility index (Phi) is 4.99. The lowest BCUT2D eigenvalue weighted by molar-refractivity contribution is 0.271. The minimum absolute atomic E-state index is 0.208. The second kappa shape index (κ2) is 6.94. The summed E-state index contributed by atoms with van der Waals surface area (Å²) in [5.74, 6) is 1.19. The van der Waals surface area contributed by atoms with Crippen LogP contribution >= 0.6 is 0 Å². The fraction of sp³-hybridized carbons (Fsp3) is 0.294. The van der Waals surface area contributed by atoms with Crippen molar-refractivity contribution in [3.05, 3.63) is 59.9 Å². The topological polar surface area (TPSA) is 21.3 Å². The van der Waals surface area contributed by atoms with Crippen LogP contribution in [0.15, 0.2) is 48.5 Å². The van der Waals surface area contributed by atoms with Crippen LogP contribution in [0.4, 0.5) is 10.1 Å². The fourth-order valence-corrected chi connectivity index (χ4v) is 1.74. The molecule has 0 aliphatic carbocycles. The van der Waals surface area contributed by atoms with Gasteiger partial charge in [-0.2, -0.15) is 0 Å². The molecule has 3 heteroatoms. The van der Waals surface area contributed by atoms with E-state index in [4.69, 9.17) is 4.74 Å². The molecule has 0 atom stereocenters. The van der Waals surface area contributed by atoms with Gasteiger partial charge in [0.15, 0.2) is 0 Å². The molecule has 0 aliphatic rings. The van der Waals surface area contributed by atoms with Crippen molar-refractivity contribution in [2.45, 2.75) is 20.4 Å². The van der Waals surface area contributed by atoms with Crippen LogP contribution in [0.2, 0.25) is 0 Å². The Morgan fingerprint density at radius 1 is 1.00 bits per heavy atom. The molecule has 2 aromatic rings. The Labute approximate surface area is 119 Å². The molecule has 0 spiro atoms. The first-order valence-corrected chi connectivity index (χ1v) is 6.84. The molecule has 0 bridgehead atoms. The minimum atomic E-state index is -0.208. The molecule has 0 aromatic heterocycles. The zero-order valence-electron chi connectivity index (χ0n) is 11.9. The van der Waals surface area contributed by atoms with Crippen molar-refractivity contribution in [3.8, 4) is 5.75 Å². The molecule has 0 amide bonds. The van der Waals surface area contributed by atoms with Gasteiger partial charge in [-0.25, -0.2) is 4.39 Å². The summed E-state index contributed by atoms with van der Waals surface area (Å²) < 4.78 is 18.4. The van der Waals surface area contributed by atoms with Crippen molar-refractivity contribution >= 4 is 5.69 Å². The van der Waals surface area contributed by atoms with E-state index >= 15 is 0 Å². The zero-order valence-corrected chi connectivity index (χ0v) is 11.9. The molecular formula is C17H20FNO. The normalized spacial score (nSPS) is 10.6. The lowest BCUT2D eigenvalue weighted by Crippen LogP contribution is -2.04. The molecule has 0 aliphatic heterocycles. The average molecular weight is 273 g/mol. The maximum Gasteiger partial charge on any atom is 0.123 e. The highest BCUT2D eigenvalue weighted by Gasteiger charge is 1.98. The van der Waals surface area contributed by atoms with Crippen LogP contribution in [-0.2, 0) is 6.54 Å². The van der Waals surface area contributed by atoms with E-state index in [-0.39, 0.29) is 5.82 Å². The van der Waals surface area contributed by atoms with Crippen molar-refractivity contribution in [2.24, 2.45) is 5.92 Å². The summed E-state index contributed by atoms with van der Waals surface area (Å²) in [4.78, 5) is 0. The van der Waals surface area contributed by atoms with Crippen LogP contribution in [0, 0.1) is 11.7 Å². The number of hydrogen-bond donors (Lipinski definition) is 1. The van der Waals surface area contributed by atoms with Gasteiger partial charge in [-0.1, -0.05) is 26.0 Å². The van der Waals surface area contributed by atoms with Gasteiger partial charge < -0.3 is 10.1 Å². The van der Waals surface area contributed by atoms with E-state index in [0.717, 1.165) is 23.6 Å². The van der Waals surface area contributed by atoms with E-state index in [0.29, 0.717) is 12.5 Å². The molecule has 2 nitrogen and oxygen atoms in total. The Hall–Kier alpha value is -2.03. The minimum Gasteiger partial charge on any atom is -0.493 e. The maximum atomic E-state index is 12.8. The van der Waals surface area contributed by atoms with E-state index < -0.39 is 0 Å². The van der Waals surface area contributed by atoms with Crippen molar-refractivity contribution in [2.75, 3.05) is 11.9 Å². The monoisotopic (exact) mass is 273 g/mol. The molecule has 0 radical (unpaired) electrons. The van der Waals surface area contributed by atoms with Gasteiger partial charge in [0, 0.05) is 12.2 Å². The molecule has 20 heavy (non-hydrogen) atoms. The smallest absolute Gasteiger partial charge is 0.123 e. The highest BCUT2D eigenvalue weighted by atomic mass is 19.1. The van der Waals surface area contributed by atoms with Crippen molar-refractivity contribution in [1.29, 1.82) is 0 Å². The zero-order chi connectivity index (χ0) is 14.4. The predicted molar refractivity (Wildman–Crippen MR) is 80.5 cm³/mol. The first kappa shape index (κ1) is 14.4. The second-order valence-electron chi connectivity index (χ2n) is 5.21. The van der Waals surface area contributed by atoms with Crippen LogP contribution in [0.5, 0.6) is 5.75 Å². The third kappa shape index (κ3) is 4.57. The molecule has 0 saturated carbocycles. The van der Waals surface area contributed by atoms with Crippen LogP contribution in [0.3, 0.4) is 0 Å². The second-order valence-corrected chi connectivity index (χ2v) is 5.21. The third-order valence-corrected chi connectivity index (χ3v) is 2.85. The van der Waals surface area contributed by atoms with E-state index in [1.54, 1.807) is 12.1 Å². The lowest BCUT2D eigenvalue weighted by Gasteiger charge is -2.10. The van der Waals surface area contributed by atoms with E-state index in [9.17, 15) is 4.39 Å². The van der Waals surface area contributed by atoms with Gasteiger partial charge in [0.1, 0.15) is 11.6 Å². The number of ether oxygens (including phenoxy) is 1. The van der Waals surface area contributed by atoms with E-state index in [1.165, 1.54) is 12.1 Å². The molecule has 0 fully saturated rings. The molecule has 1 N–H and O–H groups in total. The highest BCUT2D eigenvalue weighted by molar-refractivity contribution is 5.46. The van der Waals surface area contributed by atoms with Crippen molar-refractivity contribution in [1.82, 2.24) is 0 Å². The van der Waals surface area contributed by atoms with Crippen molar-refractivity contribution < 1.29 is 9.13 Å². The molecule has 2 rings (SSSR count). The first-order valence-electron chi connectivity index (χ1n) is 6.84. The Bertz CT molecular complexity index is 520. The van der Waals surface area contributed by atoms with Crippen LogP contribution < -0.4 is 10.1 Å². The lowest BCUT2D eigenvalue weighted by atomic mass is 10.2. The Morgan fingerprint density at radius 3 is 2.25 bits per heavy atom. The summed E-state index contributed by atoms with van der Waals surface area (Å²) in [6, 6.07) is 14.4. The third-order valence-electron chi connectivity index (χ3n) is 2.85. The maximum absolute atomic E-state index is 12.8. The van der Waals surface area contributed by atoms with Gasteiger partial charge in [-0.05, 0) is 47.9 Å². The van der Waals surface area contributed by atoms with Crippen molar-refractivity contribution in [3.63, 3.8) is 0 Å². The largest absolute Gasteiger partial charge is 0.493 e. The van der Waals surface area contributed by atoms with Crippen LogP contribution in [0.1, 0.15) is 19.4 Å². The number of rotatable bonds is 6. The first-order chi connectivity index (χ1) is 9.63. The summed E-state index contributed by atoms with van der Waals surface area (Å²) in [6.07, 6.45) is 0. The van der Waals surface area contributed by atoms with Gasteiger partial charge in [-0.15, -0.1) is 0 Å². The van der Waals surface area contributed by atoms with Gasteiger partial charge in [0.2, 0.25) is 0 Å². The van der Waals surface area contributed by atoms with E-state index in [2.05, 4.69) is 19.2 Å². The Morgan fingerprint density at radius 2 is 1.65 bits per heavy atom. The standard InChI is InChI=1S/C17H20FNO/c1-13(2)12-20-17-9-7-16(8-10-17)19-11-14-3-5-15(18)6-4-14/h3-10,13,19H,11-12H2,1-2H3. The summed E-state index contributed by atoms with van der Waals surface area (Å²) >= 11 is 0. The molecule has 2 aromatic carbocycles. The highest BCUT2D eigenvalue weighted by Crippen LogP contribution is 2.17. The Balaban J connectivity index is 1.85. The summed E-state index contributed by atoms with van der Waals surface area (Å²) in [6.45, 7) is 5.64. The van der Waals surface area contributed by atoms with Gasteiger partial charge in [-0.3, -0.25) is 0 Å². The fourth-order valence-electron chi connectivity index (χ4n) is 1.74. The number of benzene rings is 2. The van der Waals surface area contributed by atoms with Gasteiger partial charge >= 0.3 is 0 Å². The summed E-state index contributed by atoms with van der Waals surface area (Å²) in [7, 11) is 0. The number of hydrogen-bond acceptors (Lipinski definition) is 2. The molecule has 0 heterocycles. The quantitative estimate of drug-likeness (QED) is 0.838. The molecule has 0 unspecified atom stereocenters.